The summed E-state index contributed by atoms with van der Waals surface area (Å²) in [6, 6.07) is 2.61. The van der Waals surface area contributed by atoms with Gasteiger partial charge < -0.3 is 10.2 Å². The minimum absolute atomic E-state index is 0.0773. The van der Waals surface area contributed by atoms with E-state index in [1.54, 1.807) is 0 Å². The van der Waals surface area contributed by atoms with E-state index in [1.165, 1.54) is 12.8 Å². The van der Waals surface area contributed by atoms with Gasteiger partial charge in [-0.25, -0.2) is 4.79 Å². The monoisotopic (exact) mass is 236 g/mol. The summed E-state index contributed by atoms with van der Waals surface area (Å²) in [6.07, 6.45) is 4.72. The number of carbonyl (C=O) groups is 1. The summed E-state index contributed by atoms with van der Waals surface area (Å²) in [5.74, 6) is 0. The molecule has 1 N–H and O–H groups in total. The number of nitrogens with one attached hydrogen (secondary N) is 1. The molecule has 0 aromatic heterocycles. The van der Waals surface area contributed by atoms with Gasteiger partial charge in [-0.15, -0.1) is 0 Å². The van der Waals surface area contributed by atoms with Crippen molar-refractivity contribution < 1.29 is 4.79 Å². The van der Waals surface area contributed by atoms with Crippen LogP contribution >= 0.6 is 0 Å². The van der Waals surface area contributed by atoms with E-state index in [9.17, 15) is 4.79 Å². The molecule has 0 spiro atoms. The standard InChI is InChI=1S/C12H20N4O/c13-5-6-15-7-9-16(10-8-15)12(17)14-11-3-1-2-4-11/h11H,1-4,6-10H2,(H,14,17). The van der Waals surface area contributed by atoms with Gasteiger partial charge in [-0.3, -0.25) is 4.90 Å². The molecule has 5 heteroatoms. The van der Waals surface area contributed by atoms with Crippen LogP contribution in [-0.4, -0.2) is 54.6 Å². The summed E-state index contributed by atoms with van der Waals surface area (Å²) in [5.41, 5.74) is 0. The molecule has 2 rings (SSSR count). The van der Waals surface area contributed by atoms with Crippen molar-refractivity contribution in [2.24, 2.45) is 0 Å². The van der Waals surface area contributed by atoms with E-state index in [-0.39, 0.29) is 6.03 Å². The second-order valence-electron chi connectivity index (χ2n) is 4.85. The molecule has 0 aromatic carbocycles. The van der Waals surface area contributed by atoms with Crippen LogP contribution in [0.15, 0.2) is 0 Å². The number of urea groups is 1. The molecule has 1 aliphatic heterocycles. The molecule has 2 amide bonds. The van der Waals surface area contributed by atoms with E-state index < -0.39 is 0 Å². The second kappa shape index (κ2) is 5.87. The van der Waals surface area contributed by atoms with E-state index >= 15 is 0 Å². The van der Waals surface area contributed by atoms with Crippen LogP contribution in [-0.2, 0) is 0 Å². The molecule has 2 fully saturated rings. The predicted molar refractivity (Wildman–Crippen MR) is 64.4 cm³/mol. The minimum Gasteiger partial charge on any atom is -0.335 e. The van der Waals surface area contributed by atoms with Crippen molar-refractivity contribution >= 4 is 6.03 Å². The number of rotatable bonds is 2. The molecule has 17 heavy (non-hydrogen) atoms. The topological polar surface area (TPSA) is 59.4 Å². The molecule has 0 unspecified atom stereocenters. The molecule has 5 nitrogen and oxygen atoms in total. The Hall–Kier alpha value is -1.28. The molecule has 1 aliphatic carbocycles. The Kier molecular flexibility index (Phi) is 4.21. The van der Waals surface area contributed by atoms with Crippen LogP contribution in [0.2, 0.25) is 0 Å². The summed E-state index contributed by atoms with van der Waals surface area (Å²) in [7, 11) is 0. The van der Waals surface area contributed by atoms with E-state index in [2.05, 4.69) is 16.3 Å². The highest BCUT2D eigenvalue weighted by Crippen LogP contribution is 2.18. The first-order valence-corrected chi connectivity index (χ1v) is 6.44. The lowest BCUT2D eigenvalue weighted by Gasteiger charge is -2.34. The van der Waals surface area contributed by atoms with Crippen molar-refractivity contribution in [3.05, 3.63) is 0 Å². The zero-order valence-corrected chi connectivity index (χ0v) is 10.2. The number of piperazine rings is 1. The van der Waals surface area contributed by atoms with Crippen LogP contribution in [0.5, 0.6) is 0 Å². The normalized spacial score (nSPS) is 22.4. The van der Waals surface area contributed by atoms with Gasteiger partial charge in [0.15, 0.2) is 0 Å². The summed E-state index contributed by atoms with van der Waals surface area (Å²) >= 11 is 0. The SMILES string of the molecule is N#CCN1CCN(C(=O)NC2CCCC2)CC1. The van der Waals surface area contributed by atoms with Crippen molar-refractivity contribution in [1.29, 1.82) is 5.26 Å². The molecule has 2 aliphatic rings. The van der Waals surface area contributed by atoms with Crippen LogP contribution in [0.4, 0.5) is 4.79 Å². The molecular formula is C12H20N4O. The van der Waals surface area contributed by atoms with Gasteiger partial charge in [0.25, 0.3) is 0 Å². The van der Waals surface area contributed by atoms with E-state index in [1.807, 2.05) is 4.90 Å². The van der Waals surface area contributed by atoms with Gasteiger partial charge in [0.1, 0.15) is 0 Å². The van der Waals surface area contributed by atoms with Crippen molar-refractivity contribution in [1.82, 2.24) is 15.1 Å². The number of hydrogen-bond donors (Lipinski definition) is 1. The number of nitriles is 1. The Bertz CT molecular complexity index is 298. The molecule has 94 valence electrons. The molecule has 1 heterocycles. The number of carbonyl (C=O) groups excluding carboxylic acids is 1. The Morgan fingerprint density at radius 1 is 1.24 bits per heavy atom. The third-order valence-corrected chi connectivity index (χ3v) is 3.64. The third-order valence-electron chi connectivity index (χ3n) is 3.64. The fraction of sp³-hybridized carbons (Fsp3) is 0.833. The molecule has 0 bridgehead atoms. The van der Waals surface area contributed by atoms with Gasteiger partial charge in [-0.2, -0.15) is 5.26 Å². The summed E-state index contributed by atoms with van der Waals surface area (Å²) < 4.78 is 0. The number of hydrogen-bond acceptors (Lipinski definition) is 3. The van der Waals surface area contributed by atoms with Gasteiger partial charge in [0, 0.05) is 32.2 Å². The smallest absolute Gasteiger partial charge is 0.317 e. The third kappa shape index (κ3) is 3.34. The Morgan fingerprint density at radius 2 is 1.88 bits per heavy atom. The molecule has 0 radical (unpaired) electrons. The summed E-state index contributed by atoms with van der Waals surface area (Å²) in [6.45, 7) is 3.57. The van der Waals surface area contributed by atoms with E-state index in [0.717, 1.165) is 39.0 Å². The van der Waals surface area contributed by atoms with Crippen molar-refractivity contribution in [3.8, 4) is 6.07 Å². The van der Waals surface area contributed by atoms with Crippen molar-refractivity contribution in [2.45, 2.75) is 31.7 Å². The Labute approximate surface area is 102 Å². The average molecular weight is 236 g/mol. The van der Waals surface area contributed by atoms with Gasteiger partial charge in [-0.05, 0) is 12.8 Å². The zero-order valence-electron chi connectivity index (χ0n) is 10.2. The maximum absolute atomic E-state index is 11.9. The first-order chi connectivity index (χ1) is 8.29. The molecule has 1 saturated carbocycles. The molecular weight excluding hydrogens is 216 g/mol. The maximum atomic E-state index is 11.9. The largest absolute Gasteiger partial charge is 0.335 e. The Balaban J connectivity index is 1.72. The maximum Gasteiger partial charge on any atom is 0.317 e. The first kappa shape index (κ1) is 12.2. The predicted octanol–water partition coefficient (Wildman–Crippen LogP) is 0.780. The average Bonchev–Trinajstić information content (AvgIpc) is 2.83. The van der Waals surface area contributed by atoms with E-state index in [0.29, 0.717) is 12.6 Å². The van der Waals surface area contributed by atoms with Crippen molar-refractivity contribution in [2.75, 3.05) is 32.7 Å². The summed E-state index contributed by atoms with van der Waals surface area (Å²) in [4.78, 5) is 15.9. The highest BCUT2D eigenvalue weighted by molar-refractivity contribution is 5.74. The lowest BCUT2D eigenvalue weighted by atomic mass is 10.2. The lowest BCUT2D eigenvalue weighted by molar-refractivity contribution is 0.145. The van der Waals surface area contributed by atoms with Crippen LogP contribution in [0.25, 0.3) is 0 Å². The first-order valence-electron chi connectivity index (χ1n) is 6.44. The van der Waals surface area contributed by atoms with Crippen LogP contribution in [0.3, 0.4) is 0 Å². The fourth-order valence-electron chi connectivity index (χ4n) is 2.55. The lowest BCUT2D eigenvalue weighted by Crippen LogP contribution is -2.53. The fourth-order valence-corrected chi connectivity index (χ4v) is 2.55. The quantitative estimate of drug-likeness (QED) is 0.721. The molecule has 0 aromatic rings. The molecule has 1 saturated heterocycles. The Morgan fingerprint density at radius 3 is 2.47 bits per heavy atom. The van der Waals surface area contributed by atoms with Gasteiger partial charge in [0.05, 0.1) is 12.6 Å². The highest BCUT2D eigenvalue weighted by atomic mass is 16.2. The number of amides is 2. The summed E-state index contributed by atoms with van der Waals surface area (Å²) in [5, 5.41) is 11.7. The van der Waals surface area contributed by atoms with Gasteiger partial charge >= 0.3 is 6.03 Å². The van der Waals surface area contributed by atoms with Crippen LogP contribution in [0, 0.1) is 11.3 Å². The second-order valence-corrected chi connectivity index (χ2v) is 4.85. The number of nitrogens with zero attached hydrogens (tertiary/aromatic N) is 3. The van der Waals surface area contributed by atoms with Crippen molar-refractivity contribution in [3.63, 3.8) is 0 Å². The molecule has 0 atom stereocenters. The minimum atomic E-state index is 0.0773. The van der Waals surface area contributed by atoms with E-state index in [4.69, 9.17) is 5.26 Å². The highest BCUT2D eigenvalue weighted by Gasteiger charge is 2.23. The van der Waals surface area contributed by atoms with Crippen LogP contribution in [0.1, 0.15) is 25.7 Å². The van der Waals surface area contributed by atoms with Gasteiger partial charge in [0.2, 0.25) is 0 Å². The zero-order chi connectivity index (χ0) is 12.1. The van der Waals surface area contributed by atoms with Crippen LogP contribution < -0.4 is 5.32 Å². The van der Waals surface area contributed by atoms with Gasteiger partial charge in [-0.1, -0.05) is 12.8 Å².